The third-order valence-electron chi connectivity index (χ3n) is 2.01. The van der Waals surface area contributed by atoms with E-state index >= 15 is 0 Å². The zero-order valence-electron chi connectivity index (χ0n) is 7.62. The normalized spacial score (nSPS) is 23.5. The smallest absolute Gasteiger partial charge is 0.410 e. The Bertz CT molecular complexity index is 170. The van der Waals surface area contributed by atoms with Crippen LogP contribution in [0.2, 0.25) is 0 Å². The standard InChI is InChI=1S/C8H16N2O2/c1-6(2)10-5-7(3-4-9)12-8(10)11/h6-7H,3-5,9H2,1-2H3. The number of hydrogen-bond acceptors (Lipinski definition) is 3. The highest BCUT2D eigenvalue weighted by Gasteiger charge is 2.31. The van der Waals surface area contributed by atoms with Gasteiger partial charge in [-0.3, -0.25) is 0 Å². The predicted molar refractivity (Wildman–Crippen MR) is 45.8 cm³/mol. The molecular formula is C8H16N2O2. The van der Waals surface area contributed by atoms with Crippen molar-refractivity contribution in [3.05, 3.63) is 0 Å². The van der Waals surface area contributed by atoms with Crippen LogP contribution in [0.5, 0.6) is 0 Å². The Kier molecular flexibility index (Phi) is 2.92. The van der Waals surface area contributed by atoms with Crippen LogP contribution < -0.4 is 5.73 Å². The Morgan fingerprint density at radius 2 is 2.42 bits per heavy atom. The van der Waals surface area contributed by atoms with E-state index in [1.54, 1.807) is 4.90 Å². The number of carbonyl (C=O) groups is 1. The molecule has 0 aromatic carbocycles. The first-order valence-corrected chi connectivity index (χ1v) is 4.32. The molecule has 1 rings (SSSR count). The number of ether oxygens (including phenoxy) is 1. The highest BCUT2D eigenvalue weighted by molar-refractivity contribution is 5.70. The number of cyclic esters (lactones) is 1. The van der Waals surface area contributed by atoms with Gasteiger partial charge in [0, 0.05) is 6.04 Å². The van der Waals surface area contributed by atoms with E-state index in [-0.39, 0.29) is 18.2 Å². The maximum Gasteiger partial charge on any atom is 0.410 e. The fourth-order valence-corrected chi connectivity index (χ4v) is 1.30. The zero-order chi connectivity index (χ0) is 9.14. The van der Waals surface area contributed by atoms with Gasteiger partial charge in [0.15, 0.2) is 0 Å². The first-order valence-electron chi connectivity index (χ1n) is 4.32. The van der Waals surface area contributed by atoms with Crippen molar-refractivity contribution in [2.75, 3.05) is 13.1 Å². The summed E-state index contributed by atoms with van der Waals surface area (Å²) in [6.07, 6.45) is 0.558. The van der Waals surface area contributed by atoms with Gasteiger partial charge in [0.2, 0.25) is 0 Å². The van der Waals surface area contributed by atoms with E-state index in [0.717, 1.165) is 6.42 Å². The third-order valence-corrected chi connectivity index (χ3v) is 2.01. The van der Waals surface area contributed by atoms with Crippen LogP contribution in [0.25, 0.3) is 0 Å². The molecule has 4 heteroatoms. The van der Waals surface area contributed by atoms with Crippen LogP contribution in [0.3, 0.4) is 0 Å². The second-order valence-corrected chi connectivity index (χ2v) is 3.33. The quantitative estimate of drug-likeness (QED) is 0.677. The molecule has 1 unspecified atom stereocenters. The molecule has 0 aromatic heterocycles. The van der Waals surface area contributed by atoms with Crippen LogP contribution in [-0.4, -0.2) is 36.2 Å². The molecule has 70 valence electrons. The van der Waals surface area contributed by atoms with E-state index in [2.05, 4.69) is 0 Å². The van der Waals surface area contributed by atoms with Crippen molar-refractivity contribution in [2.24, 2.45) is 5.73 Å². The Hall–Kier alpha value is -0.770. The molecule has 1 atom stereocenters. The molecule has 0 aliphatic carbocycles. The molecule has 1 fully saturated rings. The van der Waals surface area contributed by atoms with Gasteiger partial charge in [-0.25, -0.2) is 4.79 Å². The number of amides is 1. The van der Waals surface area contributed by atoms with Crippen molar-refractivity contribution < 1.29 is 9.53 Å². The summed E-state index contributed by atoms with van der Waals surface area (Å²) in [5.41, 5.74) is 5.37. The molecular weight excluding hydrogens is 156 g/mol. The molecule has 12 heavy (non-hydrogen) atoms. The topological polar surface area (TPSA) is 55.6 Å². The van der Waals surface area contributed by atoms with Crippen LogP contribution in [0.15, 0.2) is 0 Å². The number of nitrogens with zero attached hydrogens (tertiary/aromatic N) is 1. The summed E-state index contributed by atoms with van der Waals surface area (Å²) in [5.74, 6) is 0. The van der Waals surface area contributed by atoms with E-state index in [0.29, 0.717) is 13.1 Å². The van der Waals surface area contributed by atoms with Crippen LogP contribution in [0, 0.1) is 0 Å². The maximum absolute atomic E-state index is 11.2. The van der Waals surface area contributed by atoms with Crippen LogP contribution in [-0.2, 0) is 4.74 Å². The largest absolute Gasteiger partial charge is 0.444 e. The first-order chi connectivity index (χ1) is 5.65. The van der Waals surface area contributed by atoms with E-state index in [1.165, 1.54) is 0 Å². The Morgan fingerprint density at radius 1 is 1.75 bits per heavy atom. The van der Waals surface area contributed by atoms with Crippen molar-refractivity contribution in [2.45, 2.75) is 32.4 Å². The van der Waals surface area contributed by atoms with Crippen LogP contribution in [0.4, 0.5) is 4.79 Å². The van der Waals surface area contributed by atoms with E-state index < -0.39 is 0 Å². The molecule has 0 aromatic rings. The van der Waals surface area contributed by atoms with Gasteiger partial charge >= 0.3 is 6.09 Å². The fraction of sp³-hybridized carbons (Fsp3) is 0.875. The average Bonchev–Trinajstić information content (AvgIpc) is 2.32. The molecule has 1 amide bonds. The molecule has 1 heterocycles. The number of carbonyl (C=O) groups excluding carboxylic acids is 1. The van der Waals surface area contributed by atoms with Crippen molar-refractivity contribution in [1.82, 2.24) is 4.90 Å². The minimum atomic E-state index is -0.205. The Balaban J connectivity index is 2.45. The summed E-state index contributed by atoms with van der Waals surface area (Å²) in [4.78, 5) is 12.9. The molecule has 1 aliphatic heterocycles. The van der Waals surface area contributed by atoms with E-state index in [9.17, 15) is 4.79 Å². The lowest BCUT2D eigenvalue weighted by Crippen LogP contribution is -2.32. The lowest BCUT2D eigenvalue weighted by atomic mass is 10.2. The SMILES string of the molecule is CC(C)N1CC(CCN)OC1=O. The number of hydrogen-bond donors (Lipinski definition) is 1. The van der Waals surface area contributed by atoms with E-state index in [4.69, 9.17) is 10.5 Å². The van der Waals surface area contributed by atoms with Crippen molar-refractivity contribution in [3.8, 4) is 0 Å². The van der Waals surface area contributed by atoms with Gasteiger partial charge in [0.05, 0.1) is 6.54 Å². The lowest BCUT2D eigenvalue weighted by molar-refractivity contribution is 0.127. The van der Waals surface area contributed by atoms with E-state index in [1.807, 2.05) is 13.8 Å². The molecule has 2 N–H and O–H groups in total. The molecule has 0 radical (unpaired) electrons. The molecule has 4 nitrogen and oxygen atoms in total. The zero-order valence-corrected chi connectivity index (χ0v) is 7.62. The van der Waals surface area contributed by atoms with Crippen molar-refractivity contribution in [1.29, 1.82) is 0 Å². The second-order valence-electron chi connectivity index (χ2n) is 3.33. The summed E-state index contributed by atoms with van der Waals surface area (Å²) >= 11 is 0. The number of nitrogens with two attached hydrogens (primary N) is 1. The lowest BCUT2D eigenvalue weighted by Gasteiger charge is -2.16. The van der Waals surface area contributed by atoms with Gasteiger partial charge in [-0.15, -0.1) is 0 Å². The van der Waals surface area contributed by atoms with Crippen molar-refractivity contribution in [3.63, 3.8) is 0 Å². The summed E-state index contributed by atoms with van der Waals surface area (Å²) in [5, 5.41) is 0. The van der Waals surface area contributed by atoms with Crippen LogP contribution in [0.1, 0.15) is 20.3 Å². The molecule has 0 saturated carbocycles. The molecule has 0 bridgehead atoms. The van der Waals surface area contributed by atoms with Gasteiger partial charge in [0.1, 0.15) is 6.10 Å². The number of rotatable bonds is 3. The van der Waals surface area contributed by atoms with Gasteiger partial charge in [-0.2, -0.15) is 0 Å². The first kappa shape index (κ1) is 9.32. The van der Waals surface area contributed by atoms with Crippen LogP contribution >= 0.6 is 0 Å². The van der Waals surface area contributed by atoms with Gasteiger partial charge in [-0.1, -0.05) is 0 Å². The minimum absolute atomic E-state index is 0.00454. The third kappa shape index (κ3) is 1.88. The monoisotopic (exact) mass is 172 g/mol. The minimum Gasteiger partial charge on any atom is -0.444 e. The van der Waals surface area contributed by atoms with Gasteiger partial charge < -0.3 is 15.4 Å². The Morgan fingerprint density at radius 3 is 2.83 bits per heavy atom. The van der Waals surface area contributed by atoms with Crippen molar-refractivity contribution >= 4 is 6.09 Å². The highest BCUT2D eigenvalue weighted by Crippen LogP contribution is 2.15. The maximum atomic E-state index is 11.2. The summed E-state index contributed by atoms with van der Waals surface area (Å²) in [7, 11) is 0. The molecule has 1 aliphatic rings. The molecule has 1 saturated heterocycles. The van der Waals surface area contributed by atoms with Gasteiger partial charge in [0.25, 0.3) is 0 Å². The second kappa shape index (κ2) is 3.76. The predicted octanol–water partition coefficient (Wildman–Crippen LogP) is 0.564. The molecule has 0 spiro atoms. The average molecular weight is 172 g/mol. The summed E-state index contributed by atoms with van der Waals surface area (Å²) in [6, 6.07) is 0.222. The summed E-state index contributed by atoms with van der Waals surface area (Å²) < 4.78 is 5.08. The van der Waals surface area contributed by atoms with Gasteiger partial charge in [-0.05, 0) is 26.8 Å². The summed E-state index contributed by atoms with van der Waals surface area (Å²) in [6.45, 7) is 5.22. The Labute approximate surface area is 72.7 Å². The fourth-order valence-electron chi connectivity index (χ4n) is 1.30. The highest BCUT2D eigenvalue weighted by atomic mass is 16.6.